The molecule has 2 atom stereocenters. The maximum absolute atomic E-state index is 13.0. The first kappa shape index (κ1) is 16.9. The van der Waals surface area contributed by atoms with Crippen LogP contribution in [-0.2, 0) is 9.53 Å². The molecule has 2 aromatic heterocycles. The van der Waals surface area contributed by atoms with Gasteiger partial charge in [0.1, 0.15) is 0 Å². The number of aromatic nitrogens is 1. The summed E-state index contributed by atoms with van der Waals surface area (Å²) in [6.45, 7) is 1.01. The van der Waals surface area contributed by atoms with E-state index in [1.807, 2.05) is 6.07 Å². The van der Waals surface area contributed by atoms with Crippen LogP contribution in [0.1, 0.15) is 34.1 Å². The Bertz CT molecular complexity index is 842. The maximum Gasteiger partial charge on any atom is 0.290 e. The van der Waals surface area contributed by atoms with Crippen molar-refractivity contribution in [2.24, 2.45) is 0 Å². The number of thiophene rings is 1. The Labute approximate surface area is 154 Å². The fourth-order valence-corrected chi connectivity index (χ4v) is 4.18. The number of hydrogen-bond donors (Lipinski definition) is 1. The zero-order valence-electron chi connectivity index (χ0n) is 14.0. The molecular formula is C19H18N2O4S. The second-order valence-corrected chi connectivity index (χ2v) is 7.30. The first-order valence-electron chi connectivity index (χ1n) is 8.50. The number of ketones is 1. The Hall–Kier alpha value is -2.51. The minimum absolute atomic E-state index is 0.0814. The van der Waals surface area contributed by atoms with Crippen molar-refractivity contribution in [3.05, 3.63) is 63.8 Å². The van der Waals surface area contributed by atoms with Gasteiger partial charge in [-0.3, -0.25) is 14.6 Å². The lowest BCUT2D eigenvalue weighted by atomic mass is 9.96. The summed E-state index contributed by atoms with van der Waals surface area (Å²) in [6, 6.07) is 6.38. The molecule has 1 amide bonds. The standard InChI is InChI=1S/C19H18N2O4S/c22-17(14-6-3-9-26-14)15-16(12-4-1-7-20-10-12)21(19(24)18(15)23)11-13-5-2-8-25-13/h1,3-4,6-7,9-10,13,16,23H,2,5,8,11H2/t13-,16-/m1/s1. The second-order valence-electron chi connectivity index (χ2n) is 6.35. The summed E-state index contributed by atoms with van der Waals surface area (Å²) in [5, 5.41) is 12.3. The number of aliphatic hydroxyl groups excluding tert-OH is 1. The number of nitrogens with zero attached hydrogens (tertiary/aromatic N) is 2. The van der Waals surface area contributed by atoms with Crippen LogP contribution in [-0.4, -0.2) is 45.9 Å². The topological polar surface area (TPSA) is 79.7 Å². The molecule has 26 heavy (non-hydrogen) atoms. The van der Waals surface area contributed by atoms with Crippen molar-refractivity contribution in [3.63, 3.8) is 0 Å². The van der Waals surface area contributed by atoms with E-state index in [2.05, 4.69) is 4.98 Å². The molecular weight excluding hydrogens is 352 g/mol. The smallest absolute Gasteiger partial charge is 0.290 e. The average Bonchev–Trinajstić information content (AvgIpc) is 3.40. The highest BCUT2D eigenvalue weighted by Crippen LogP contribution is 2.39. The third-order valence-corrected chi connectivity index (χ3v) is 5.59. The molecule has 1 fully saturated rings. The van der Waals surface area contributed by atoms with Crippen LogP contribution in [0, 0.1) is 0 Å². The number of aliphatic hydroxyl groups is 1. The SMILES string of the molecule is O=C(C1=C(O)C(=O)N(C[C@H]2CCCO2)[C@@H]1c1cccnc1)c1cccs1. The maximum atomic E-state index is 13.0. The lowest BCUT2D eigenvalue weighted by molar-refractivity contribution is -0.131. The molecule has 1 saturated heterocycles. The Morgan fingerprint density at radius 2 is 2.27 bits per heavy atom. The van der Waals surface area contributed by atoms with E-state index in [1.54, 1.807) is 36.0 Å². The number of rotatable bonds is 5. The highest BCUT2D eigenvalue weighted by molar-refractivity contribution is 7.12. The van der Waals surface area contributed by atoms with Crippen molar-refractivity contribution in [2.75, 3.05) is 13.2 Å². The van der Waals surface area contributed by atoms with Crippen molar-refractivity contribution in [3.8, 4) is 0 Å². The van der Waals surface area contributed by atoms with Crippen molar-refractivity contribution in [2.45, 2.75) is 25.0 Å². The molecule has 7 heteroatoms. The Morgan fingerprint density at radius 3 is 2.92 bits per heavy atom. The van der Waals surface area contributed by atoms with Crippen molar-refractivity contribution >= 4 is 23.0 Å². The third-order valence-electron chi connectivity index (χ3n) is 4.72. The lowest BCUT2D eigenvalue weighted by Gasteiger charge is -2.28. The van der Waals surface area contributed by atoms with Gasteiger partial charge in [-0.15, -0.1) is 11.3 Å². The van der Waals surface area contributed by atoms with Crippen molar-refractivity contribution < 1.29 is 19.4 Å². The summed E-state index contributed by atoms with van der Waals surface area (Å²) < 4.78 is 5.66. The van der Waals surface area contributed by atoms with E-state index in [1.165, 1.54) is 16.2 Å². The molecule has 6 nitrogen and oxygen atoms in total. The molecule has 2 aliphatic rings. The van der Waals surface area contributed by atoms with E-state index >= 15 is 0 Å². The summed E-state index contributed by atoms with van der Waals surface area (Å²) in [7, 11) is 0. The van der Waals surface area contributed by atoms with E-state index in [4.69, 9.17) is 4.74 Å². The van der Waals surface area contributed by atoms with Gasteiger partial charge in [0.2, 0.25) is 5.78 Å². The largest absolute Gasteiger partial charge is 0.503 e. The van der Waals surface area contributed by atoms with Gasteiger partial charge in [0, 0.05) is 25.5 Å². The molecule has 0 radical (unpaired) electrons. The van der Waals surface area contributed by atoms with Gasteiger partial charge in [0.05, 0.1) is 22.6 Å². The first-order chi connectivity index (χ1) is 12.7. The van der Waals surface area contributed by atoms with Crippen LogP contribution in [0.2, 0.25) is 0 Å². The quantitative estimate of drug-likeness (QED) is 0.819. The van der Waals surface area contributed by atoms with Gasteiger partial charge < -0.3 is 14.7 Å². The normalized spacial score (nSPS) is 23.1. The predicted octanol–water partition coefficient (Wildman–Crippen LogP) is 2.90. The molecule has 0 bridgehead atoms. The van der Waals surface area contributed by atoms with Gasteiger partial charge in [0.25, 0.3) is 5.91 Å². The summed E-state index contributed by atoms with van der Waals surface area (Å²) in [5.74, 6) is -1.33. The van der Waals surface area contributed by atoms with E-state index in [0.717, 1.165) is 12.8 Å². The lowest BCUT2D eigenvalue weighted by Crippen LogP contribution is -2.37. The molecule has 0 aliphatic carbocycles. The number of amides is 1. The first-order valence-corrected chi connectivity index (χ1v) is 9.38. The van der Waals surface area contributed by atoms with Crippen LogP contribution in [0.5, 0.6) is 0 Å². The Balaban J connectivity index is 1.74. The monoisotopic (exact) mass is 370 g/mol. The van der Waals surface area contributed by atoms with Crippen LogP contribution in [0.3, 0.4) is 0 Å². The van der Waals surface area contributed by atoms with Gasteiger partial charge in [-0.2, -0.15) is 0 Å². The molecule has 134 valence electrons. The van der Waals surface area contributed by atoms with E-state index in [9.17, 15) is 14.7 Å². The summed E-state index contributed by atoms with van der Waals surface area (Å²) >= 11 is 1.29. The predicted molar refractivity (Wildman–Crippen MR) is 96.0 cm³/mol. The molecule has 4 rings (SSSR count). The van der Waals surface area contributed by atoms with E-state index in [0.29, 0.717) is 23.6 Å². The molecule has 0 saturated carbocycles. The number of carbonyl (C=O) groups is 2. The Morgan fingerprint density at radius 1 is 1.38 bits per heavy atom. The minimum atomic E-state index is -0.657. The van der Waals surface area contributed by atoms with E-state index < -0.39 is 17.7 Å². The van der Waals surface area contributed by atoms with Gasteiger partial charge in [-0.05, 0) is 35.9 Å². The number of pyridine rings is 1. The zero-order valence-corrected chi connectivity index (χ0v) is 14.8. The fourth-order valence-electron chi connectivity index (χ4n) is 3.51. The Kier molecular flexibility index (Phi) is 4.57. The van der Waals surface area contributed by atoms with Gasteiger partial charge >= 0.3 is 0 Å². The van der Waals surface area contributed by atoms with Crippen molar-refractivity contribution in [1.29, 1.82) is 0 Å². The van der Waals surface area contributed by atoms with Crippen LogP contribution in [0.4, 0.5) is 0 Å². The number of hydrogen-bond acceptors (Lipinski definition) is 6. The van der Waals surface area contributed by atoms with Gasteiger partial charge in [-0.25, -0.2) is 0 Å². The zero-order chi connectivity index (χ0) is 18.1. The molecule has 4 heterocycles. The minimum Gasteiger partial charge on any atom is -0.503 e. The molecule has 0 aromatic carbocycles. The highest BCUT2D eigenvalue weighted by atomic mass is 32.1. The summed E-state index contributed by atoms with van der Waals surface area (Å²) in [6.07, 6.45) is 4.99. The van der Waals surface area contributed by atoms with E-state index in [-0.39, 0.29) is 17.5 Å². The summed E-state index contributed by atoms with van der Waals surface area (Å²) in [5.41, 5.74) is 0.811. The third kappa shape index (κ3) is 2.93. The van der Waals surface area contributed by atoms with Crippen LogP contribution in [0.15, 0.2) is 53.4 Å². The molecule has 0 spiro atoms. The highest BCUT2D eigenvalue weighted by Gasteiger charge is 2.45. The molecule has 1 N–H and O–H groups in total. The molecule has 2 aromatic rings. The number of carbonyl (C=O) groups excluding carboxylic acids is 2. The van der Waals surface area contributed by atoms with Crippen LogP contribution in [0.25, 0.3) is 0 Å². The molecule has 0 unspecified atom stereocenters. The fraction of sp³-hybridized carbons (Fsp3) is 0.316. The average molecular weight is 370 g/mol. The number of ether oxygens (including phenoxy) is 1. The van der Waals surface area contributed by atoms with Gasteiger partial charge in [0.15, 0.2) is 5.76 Å². The summed E-state index contributed by atoms with van der Waals surface area (Å²) in [4.78, 5) is 31.9. The second kappa shape index (κ2) is 7.01. The van der Waals surface area contributed by atoms with Gasteiger partial charge in [-0.1, -0.05) is 12.1 Å². The van der Waals surface area contributed by atoms with Crippen LogP contribution < -0.4 is 0 Å². The van der Waals surface area contributed by atoms with Crippen molar-refractivity contribution in [1.82, 2.24) is 9.88 Å². The van der Waals surface area contributed by atoms with Crippen LogP contribution >= 0.6 is 11.3 Å². The molecule has 2 aliphatic heterocycles. The number of Topliss-reactive ketones (excluding diaryl/α,β-unsaturated/α-hetero) is 1.